The highest BCUT2D eigenvalue weighted by Crippen LogP contribution is 2.45. The summed E-state index contributed by atoms with van der Waals surface area (Å²) in [6.07, 6.45) is 1.38. The number of benzene rings is 2. The van der Waals surface area contributed by atoms with Gasteiger partial charge in [-0.25, -0.2) is 14.4 Å². The maximum absolute atomic E-state index is 14.5. The van der Waals surface area contributed by atoms with Crippen molar-refractivity contribution in [2.24, 2.45) is 0 Å². The van der Waals surface area contributed by atoms with Gasteiger partial charge in [-0.3, -0.25) is 0 Å². The quantitative estimate of drug-likeness (QED) is 0.283. The molecule has 0 amide bonds. The lowest BCUT2D eigenvalue weighted by molar-refractivity contribution is 0.101. The number of aromatic amines is 1. The summed E-state index contributed by atoms with van der Waals surface area (Å²) in [7, 11) is 0. The molecule has 1 aliphatic rings. The first kappa shape index (κ1) is 20.2. The van der Waals surface area contributed by atoms with Crippen LogP contribution in [0.2, 0.25) is 5.02 Å². The number of imidazole rings is 1. The van der Waals surface area contributed by atoms with E-state index in [0.29, 0.717) is 22.8 Å². The molecule has 0 aliphatic carbocycles. The Balaban J connectivity index is 1.57. The van der Waals surface area contributed by atoms with Crippen LogP contribution in [0.4, 0.5) is 8.78 Å². The van der Waals surface area contributed by atoms with Crippen LogP contribution in [0.1, 0.15) is 30.7 Å². The molecule has 4 nitrogen and oxygen atoms in total. The van der Waals surface area contributed by atoms with Crippen molar-refractivity contribution < 1.29 is 13.5 Å². The molecule has 0 spiro atoms. The second kappa shape index (κ2) is 7.47. The molecule has 0 unspecified atom stereocenters. The minimum atomic E-state index is -0.738. The van der Waals surface area contributed by atoms with Crippen LogP contribution in [0.15, 0.2) is 54.7 Å². The number of hydrogen-bond donors (Lipinski definition) is 1. The first-order valence-corrected chi connectivity index (χ1v) is 10.2. The van der Waals surface area contributed by atoms with Crippen molar-refractivity contribution in [3.8, 4) is 40.2 Å². The van der Waals surface area contributed by atoms with Gasteiger partial charge in [-0.1, -0.05) is 29.5 Å². The van der Waals surface area contributed by atoms with E-state index in [4.69, 9.17) is 16.3 Å². The highest BCUT2D eigenvalue weighted by molar-refractivity contribution is 6.33. The third-order valence-electron chi connectivity index (χ3n) is 5.19. The zero-order valence-electron chi connectivity index (χ0n) is 17.1. The van der Waals surface area contributed by atoms with Gasteiger partial charge in [0.15, 0.2) is 0 Å². The Labute approximate surface area is 188 Å². The number of nitrogens with zero attached hydrogens (tertiary/aromatic N) is 2. The molecule has 0 fully saturated rings. The average Bonchev–Trinajstić information content (AvgIpc) is 3.19. The number of aromatic nitrogens is 3. The predicted octanol–water partition coefficient (Wildman–Crippen LogP) is 6.10. The third-order valence-corrected chi connectivity index (χ3v) is 5.50. The molecule has 0 saturated heterocycles. The van der Waals surface area contributed by atoms with E-state index >= 15 is 0 Å². The Morgan fingerprint density at radius 1 is 1.03 bits per heavy atom. The molecule has 3 heterocycles. The van der Waals surface area contributed by atoms with Crippen LogP contribution < -0.4 is 4.74 Å². The maximum atomic E-state index is 14.5. The van der Waals surface area contributed by atoms with Crippen LogP contribution in [0.3, 0.4) is 0 Å². The minimum Gasteiger partial charge on any atom is -0.481 e. The van der Waals surface area contributed by atoms with Crippen molar-refractivity contribution in [1.29, 1.82) is 0 Å². The summed E-state index contributed by atoms with van der Waals surface area (Å²) in [6.45, 7) is 3.81. The van der Waals surface area contributed by atoms with E-state index in [0.717, 1.165) is 16.8 Å². The number of hydrogen-bond acceptors (Lipinski definition) is 3. The maximum Gasteiger partial charge on any atom is 0.212 e. The standard InChI is InChI=1S/C25H16ClF2N3O/c1-25(2)23-22(30-24(31-23)21-17(26)4-3-5-18(21)27)16-10-8-14(12-19(16)32-25)6-7-15-9-11-20(28)29-13-15/h3-5,8-13H,1-2H3,(H,30,31). The molecule has 1 N–H and O–H groups in total. The Kier molecular flexibility index (Phi) is 4.72. The van der Waals surface area contributed by atoms with Gasteiger partial charge in [0.2, 0.25) is 5.95 Å². The van der Waals surface area contributed by atoms with Gasteiger partial charge in [0.05, 0.1) is 22.0 Å². The van der Waals surface area contributed by atoms with Gasteiger partial charge in [0, 0.05) is 22.9 Å². The average molecular weight is 448 g/mol. The molecule has 0 saturated carbocycles. The number of ether oxygens (including phenoxy) is 1. The van der Waals surface area contributed by atoms with E-state index in [-0.39, 0.29) is 10.6 Å². The largest absolute Gasteiger partial charge is 0.481 e. The van der Waals surface area contributed by atoms with E-state index < -0.39 is 17.4 Å². The van der Waals surface area contributed by atoms with E-state index in [1.54, 1.807) is 18.2 Å². The molecule has 32 heavy (non-hydrogen) atoms. The van der Waals surface area contributed by atoms with Crippen LogP contribution >= 0.6 is 11.6 Å². The van der Waals surface area contributed by atoms with Gasteiger partial charge in [-0.15, -0.1) is 0 Å². The fraction of sp³-hybridized carbons (Fsp3) is 0.120. The van der Waals surface area contributed by atoms with Crippen molar-refractivity contribution in [1.82, 2.24) is 15.0 Å². The van der Waals surface area contributed by atoms with Crippen LogP contribution in [-0.4, -0.2) is 15.0 Å². The lowest BCUT2D eigenvalue weighted by Gasteiger charge is -2.31. The summed E-state index contributed by atoms with van der Waals surface area (Å²) in [6, 6.07) is 12.9. The van der Waals surface area contributed by atoms with Crippen LogP contribution in [0.25, 0.3) is 22.6 Å². The molecule has 0 atom stereocenters. The molecular weight excluding hydrogens is 432 g/mol. The van der Waals surface area contributed by atoms with Gasteiger partial charge in [0.25, 0.3) is 0 Å². The van der Waals surface area contributed by atoms with Gasteiger partial charge in [0.1, 0.15) is 23.0 Å². The van der Waals surface area contributed by atoms with Crippen LogP contribution in [-0.2, 0) is 5.60 Å². The summed E-state index contributed by atoms with van der Waals surface area (Å²) >= 11 is 6.24. The summed E-state index contributed by atoms with van der Waals surface area (Å²) in [4.78, 5) is 11.5. The molecule has 0 bridgehead atoms. The van der Waals surface area contributed by atoms with Crippen LogP contribution in [0.5, 0.6) is 5.75 Å². The Morgan fingerprint density at radius 3 is 2.56 bits per heavy atom. The van der Waals surface area contributed by atoms with Gasteiger partial charge >= 0.3 is 0 Å². The number of halogens is 3. The van der Waals surface area contributed by atoms with Crippen molar-refractivity contribution in [3.63, 3.8) is 0 Å². The summed E-state index contributed by atoms with van der Waals surface area (Å²) in [5.74, 6) is 5.95. The molecular formula is C25H16ClF2N3O. The second-order valence-corrected chi connectivity index (χ2v) is 8.26. The van der Waals surface area contributed by atoms with Gasteiger partial charge < -0.3 is 9.72 Å². The fourth-order valence-electron chi connectivity index (χ4n) is 3.65. The Hall–Kier alpha value is -3.69. The molecule has 1 aliphatic heterocycles. The fourth-order valence-corrected chi connectivity index (χ4v) is 3.90. The highest BCUT2D eigenvalue weighted by atomic mass is 35.5. The van der Waals surface area contributed by atoms with Crippen molar-refractivity contribution in [2.75, 3.05) is 0 Å². The van der Waals surface area contributed by atoms with Crippen molar-refractivity contribution >= 4 is 11.6 Å². The smallest absolute Gasteiger partial charge is 0.212 e. The Morgan fingerprint density at radius 2 is 1.81 bits per heavy atom. The van der Waals surface area contributed by atoms with E-state index in [1.807, 2.05) is 32.0 Å². The minimum absolute atomic E-state index is 0.219. The summed E-state index contributed by atoms with van der Waals surface area (Å²) in [5, 5.41) is 0.274. The molecule has 4 aromatic rings. The number of pyridine rings is 1. The van der Waals surface area contributed by atoms with E-state index in [9.17, 15) is 8.78 Å². The normalized spacial score (nSPS) is 13.4. The first-order valence-electron chi connectivity index (χ1n) is 9.84. The first-order chi connectivity index (χ1) is 15.3. The van der Waals surface area contributed by atoms with Gasteiger partial charge in [-0.2, -0.15) is 4.39 Å². The molecule has 158 valence electrons. The molecule has 5 rings (SSSR count). The monoisotopic (exact) mass is 447 g/mol. The predicted molar refractivity (Wildman–Crippen MR) is 118 cm³/mol. The van der Waals surface area contributed by atoms with Crippen molar-refractivity contribution in [2.45, 2.75) is 19.4 Å². The highest BCUT2D eigenvalue weighted by Gasteiger charge is 2.36. The molecule has 0 radical (unpaired) electrons. The summed E-state index contributed by atoms with van der Waals surface area (Å²) < 4.78 is 33.7. The Bertz CT molecular complexity index is 1400. The number of nitrogens with one attached hydrogen (secondary N) is 1. The molecule has 2 aromatic heterocycles. The second-order valence-electron chi connectivity index (χ2n) is 7.85. The number of rotatable bonds is 1. The van der Waals surface area contributed by atoms with E-state index in [1.165, 1.54) is 18.3 Å². The zero-order chi connectivity index (χ0) is 22.5. The lowest BCUT2D eigenvalue weighted by atomic mass is 9.94. The van der Waals surface area contributed by atoms with E-state index in [2.05, 4.69) is 26.8 Å². The van der Waals surface area contributed by atoms with Gasteiger partial charge in [-0.05, 0) is 56.3 Å². The molecule has 2 aromatic carbocycles. The van der Waals surface area contributed by atoms with Crippen molar-refractivity contribution in [3.05, 3.63) is 88.3 Å². The topological polar surface area (TPSA) is 50.8 Å². The van der Waals surface area contributed by atoms with Crippen LogP contribution in [0, 0.1) is 23.6 Å². The molecule has 7 heteroatoms. The number of fused-ring (bicyclic) bond motifs is 3. The number of H-pyrrole nitrogens is 1. The SMILES string of the molecule is CC1(C)Oc2cc(C#Cc3ccc(F)nc3)ccc2-c2nc(-c3c(F)cccc3Cl)[nH]c21. The third kappa shape index (κ3) is 3.51. The summed E-state index contributed by atoms with van der Waals surface area (Å²) in [5.41, 5.74) is 2.98. The zero-order valence-corrected chi connectivity index (χ0v) is 17.9. The lowest BCUT2D eigenvalue weighted by Crippen LogP contribution is -2.29.